The summed E-state index contributed by atoms with van der Waals surface area (Å²) in [5.74, 6) is 0. The van der Waals surface area contributed by atoms with Crippen LogP contribution in [0.5, 0.6) is 0 Å². The summed E-state index contributed by atoms with van der Waals surface area (Å²) < 4.78 is 0. The Labute approximate surface area is 148 Å². The second kappa shape index (κ2) is 9.15. The van der Waals surface area contributed by atoms with E-state index in [2.05, 4.69) is 91.0 Å². The molecule has 0 atom stereocenters. The van der Waals surface area contributed by atoms with Crippen molar-refractivity contribution in [2.75, 3.05) is 0 Å². The summed E-state index contributed by atoms with van der Waals surface area (Å²) >= 11 is 0. The lowest BCUT2D eigenvalue weighted by Gasteiger charge is -2.18. The largest absolute Gasteiger partial charge is 1.00 e. The minimum atomic E-state index is -0.446. The zero-order chi connectivity index (χ0) is 12.9. The van der Waals surface area contributed by atoms with E-state index in [0.717, 1.165) is 0 Å². The lowest BCUT2D eigenvalue weighted by Crippen LogP contribution is -3.00. The van der Waals surface area contributed by atoms with E-state index in [1.807, 2.05) is 0 Å². The van der Waals surface area contributed by atoms with E-state index >= 15 is 0 Å². The van der Waals surface area contributed by atoms with Crippen LogP contribution in [0.15, 0.2) is 91.0 Å². The third-order valence-corrected chi connectivity index (χ3v) is 5.49. The van der Waals surface area contributed by atoms with Crippen LogP contribution in [-0.4, -0.2) is 0 Å². The van der Waals surface area contributed by atoms with Crippen molar-refractivity contribution in [2.24, 2.45) is 0 Å². The predicted octanol–water partition coefficient (Wildman–Crippen LogP) is -2.55. The average molecular weight is 422 g/mol. The molecule has 0 spiro atoms. The normalized spacial score (nSPS) is 9.57. The lowest BCUT2D eigenvalue weighted by molar-refractivity contribution is -0.00100. The van der Waals surface area contributed by atoms with E-state index in [1.54, 1.807) is 0 Å². The zero-order valence-corrected chi connectivity index (χ0v) is 15.4. The number of rotatable bonds is 3. The molecule has 3 heteroatoms. The van der Waals surface area contributed by atoms with Crippen LogP contribution in [0.3, 0.4) is 0 Å². The molecular weight excluding hydrogens is 407 g/mol. The second-order valence-corrected chi connectivity index (χ2v) is 6.56. The molecule has 21 heavy (non-hydrogen) atoms. The summed E-state index contributed by atoms with van der Waals surface area (Å²) in [7, 11) is -0.446. The summed E-state index contributed by atoms with van der Waals surface area (Å²) in [6.07, 6.45) is 0. The highest BCUT2D eigenvalue weighted by molar-refractivity contribution is 7.79. The number of hydrogen-bond donors (Lipinski definition) is 0. The topological polar surface area (TPSA) is 0 Å². The molecule has 0 unspecified atom stereocenters. The van der Waals surface area contributed by atoms with E-state index in [1.165, 1.54) is 15.9 Å². The molecule has 0 bridgehead atoms. The lowest BCUT2D eigenvalue weighted by atomic mass is 10.4. The van der Waals surface area contributed by atoms with Crippen molar-refractivity contribution in [1.29, 1.82) is 0 Å². The van der Waals surface area contributed by atoms with Crippen molar-refractivity contribution < 1.29 is 34.0 Å². The molecule has 0 heterocycles. The van der Waals surface area contributed by atoms with Crippen molar-refractivity contribution in [3.63, 3.8) is 0 Å². The van der Waals surface area contributed by atoms with Crippen LogP contribution in [0.1, 0.15) is 0 Å². The average Bonchev–Trinajstić information content (AvgIpc) is 2.51. The highest BCUT2D eigenvalue weighted by Crippen LogP contribution is 2.32. The quantitative estimate of drug-likeness (QED) is 0.409. The smallest absolute Gasteiger partial charge is 0.0134 e. The van der Waals surface area contributed by atoms with Gasteiger partial charge in [-0.05, 0) is 23.8 Å². The summed E-state index contributed by atoms with van der Waals surface area (Å²) in [6, 6.07) is 32.3. The Bertz CT molecular complexity index is 533. The van der Waals surface area contributed by atoms with Gasteiger partial charge in [0.05, 0.1) is 0 Å². The van der Waals surface area contributed by atoms with Gasteiger partial charge in [0.25, 0.3) is 0 Å². The molecule has 0 radical (unpaired) electrons. The maximum absolute atomic E-state index is 2.23. The Morgan fingerprint density at radius 1 is 0.381 bits per heavy atom. The van der Waals surface area contributed by atoms with Gasteiger partial charge in [-0.3, -0.25) is 0 Å². The maximum Gasteiger partial charge on any atom is -0.0134 e. The van der Waals surface area contributed by atoms with Gasteiger partial charge in [-0.2, -0.15) is 0 Å². The summed E-state index contributed by atoms with van der Waals surface area (Å²) in [5.41, 5.74) is 0. The highest BCUT2D eigenvalue weighted by Gasteiger charge is 2.14. The van der Waals surface area contributed by atoms with Crippen LogP contribution in [0.25, 0.3) is 0 Å². The summed E-state index contributed by atoms with van der Waals surface area (Å²) in [5, 5.41) is 4.19. The fourth-order valence-electron chi connectivity index (χ4n) is 2.18. The molecule has 0 N–H and O–H groups in total. The molecule has 0 aliphatic rings. The van der Waals surface area contributed by atoms with Gasteiger partial charge in [-0.15, -0.1) is 0 Å². The Kier molecular flexibility index (Phi) is 7.88. The molecular formula is C18H15Br2P-2. The van der Waals surface area contributed by atoms with Crippen molar-refractivity contribution in [3.8, 4) is 0 Å². The molecule has 3 rings (SSSR count). The van der Waals surface area contributed by atoms with Gasteiger partial charge in [0, 0.05) is 0 Å². The first kappa shape index (κ1) is 18.1. The van der Waals surface area contributed by atoms with Crippen LogP contribution < -0.4 is 49.9 Å². The molecule has 0 saturated heterocycles. The van der Waals surface area contributed by atoms with Gasteiger partial charge in [-0.25, -0.2) is 0 Å². The standard InChI is InChI=1S/C18H15P.2BrH/c1-4-10-16(11-5-1)19(17-12-6-2-7-13-17)18-14-8-3-9-15-18;;/h1-15H;2*1H/p-2. The zero-order valence-electron chi connectivity index (χ0n) is 11.4. The minimum Gasteiger partial charge on any atom is -1.00 e. The Hall–Kier alpha value is -0.950. The van der Waals surface area contributed by atoms with Gasteiger partial charge in [0.15, 0.2) is 0 Å². The SMILES string of the molecule is [Br-].[Br-].c1ccc(P(c2ccccc2)c2ccccc2)cc1. The van der Waals surface area contributed by atoms with Gasteiger partial charge in [-0.1, -0.05) is 91.0 Å². The molecule has 0 nitrogen and oxygen atoms in total. The molecule has 0 amide bonds. The summed E-state index contributed by atoms with van der Waals surface area (Å²) in [6.45, 7) is 0. The molecule has 0 fully saturated rings. The minimum absolute atomic E-state index is 0. The molecule has 3 aromatic carbocycles. The van der Waals surface area contributed by atoms with Crippen molar-refractivity contribution in [1.82, 2.24) is 0 Å². The molecule has 3 aromatic rings. The van der Waals surface area contributed by atoms with Gasteiger partial charge in [0.1, 0.15) is 0 Å². The second-order valence-electron chi connectivity index (χ2n) is 4.34. The van der Waals surface area contributed by atoms with Gasteiger partial charge in [0.2, 0.25) is 0 Å². The number of hydrogen-bond acceptors (Lipinski definition) is 0. The van der Waals surface area contributed by atoms with Crippen LogP contribution in [0.4, 0.5) is 0 Å². The van der Waals surface area contributed by atoms with Crippen molar-refractivity contribution >= 4 is 23.8 Å². The monoisotopic (exact) mass is 420 g/mol. The fraction of sp³-hybridized carbons (Fsp3) is 0. The third-order valence-electron chi connectivity index (χ3n) is 3.04. The van der Waals surface area contributed by atoms with E-state index in [4.69, 9.17) is 0 Å². The van der Waals surface area contributed by atoms with Crippen LogP contribution in [0, 0.1) is 0 Å². The first-order chi connectivity index (χ1) is 9.45. The number of benzene rings is 3. The molecule has 0 aromatic heterocycles. The van der Waals surface area contributed by atoms with Crippen molar-refractivity contribution in [3.05, 3.63) is 91.0 Å². The third kappa shape index (κ3) is 4.51. The Morgan fingerprint density at radius 2 is 0.619 bits per heavy atom. The Balaban J connectivity index is 0.00000110. The predicted molar refractivity (Wildman–Crippen MR) is 85.1 cm³/mol. The van der Waals surface area contributed by atoms with Crippen LogP contribution in [0.2, 0.25) is 0 Å². The molecule has 0 saturated carbocycles. The first-order valence-electron chi connectivity index (χ1n) is 6.40. The van der Waals surface area contributed by atoms with E-state index < -0.39 is 7.92 Å². The highest BCUT2D eigenvalue weighted by atomic mass is 79.9. The maximum atomic E-state index is 2.23. The van der Waals surface area contributed by atoms with Crippen LogP contribution in [-0.2, 0) is 0 Å². The molecule has 0 aliphatic heterocycles. The van der Waals surface area contributed by atoms with Crippen molar-refractivity contribution in [2.45, 2.75) is 0 Å². The van der Waals surface area contributed by atoms with Gasteiger partial charge >= 0.3 is 0 Å². The van der Waals surface area contributed by atoms with Crippen LogP contribution >= 0.6 is 7.92 Å². The van der Waals surface area contributed by atoms with E-state index in [0.29, 0.717) is 0 Å². The Morgan fingerprint density at radius 3 is 0.857 bits per heavy atom. The molecule has 108 valence electrons. The van der Waals surface area contributed by atoms with E-state index in [9.17, 15) is 0 Å². The molecule has 0 aliphatic carbocycles. The summed E-state index contributed by atoms with van der Waals surface area (Å²) in [4.78, 5) is 0. The van der Waals surface area contributed by atoms with E-state index in [-0.39, 0.29) is 34.0 Å². The fourth-order valence-corrected chi connectivity index (χ4v) is 4.48. The number of halogens is 2. The first-order valence-corrected chi connectivity index (χ1v) is 7.74. The van der Waals surface area contributed by atoms with Gasteiger partial charge < -0.3 is 34.0 Å².